The lowest BCUT2D eigenvalue weighted by Crippen LogP contribution is -2.47. The molecule has 2 aliphatic carbocycles. The van der Waals surface area contributed by atoms with Gasteiger partial charge in [-0.05, 0) is 69.1 Å². The number of fused-ring (bicyclic) bond motifs is 1. The van der Waals surface area contributed by atoms with Crippen molar-refractivity contribution in [1.29, 1.82) is 0 Å². The van der Waals surface area contributed by atoms with E-state index in [4.69, 9.17) is 4.42 Å². The Bertz CT molecular complexity index is 1510. The summed E-state index contributed by atoms with van der Waals surface area (Å²) in [6, 6.07) is 9.72. The van der Waals surface area contributed by atoms with Crippen molar-refractivity contribution in [1.82, 2.24) is 20.1 Å². The van der Waals surface area contributed by atoms with E-state index in [-0.39, 0.29) is 22.7 Å². The number of hydrogen-bond acceptors (Lipinski definition) is 5. The number of nitrogens with one attached hydrogen (secondary N) is 1. The van der Waals surface area contributed by atoms with E-state index < -0.39 is 0 Å². The van der Waals surface area contributed by atoms with Gasteiger partial charge in [0.25, 0.3) is 0 Å². The molecule has 1 unspecified atom stereocenters. The van der Waals surface area contributed by atoms with Gasteiger partial charge < -0.3 is 14.3 Å². The van der Waals surface area contributed by atoms with Crippen LogP contribution in [0.2, 0.25) is 0 Å². The second kappa shape index (κ2) is 8.66. The van der Waals surface area contributed by atoms with Gasteiger partial charge in [0.15, 0.2) is 0 Å². The van der Waals surface area contributed by atoms with Gasteiger partial charge in [0.2, 0.25) is 5.43 Å². The number of rotatable bonds is 7. The van der Waals surface area contributed by atoms with E-state index in [9.17, 15) is 4.79 Å². The maximum atomic E-state index is 15.2. The lowest BCUT2D eigenvalue weighted by Gasteiger charge is -2.39. The van der Waals surface area contributed by atoms with E-state index in [1.54, 1.807) is 19.3 Å². The largest absolute Gasteiger partial charge is 0.463 e. The highest BCUT2D eigenvalue weighted by molar-refractivity contribution is 5.84. The number of hydrogen-bond donors (Lipinski definition) is 1. The Morgan fingerprint density at radius 2 is 2.08 bits per heavy atom. The summed E-state index contributed by atoms with van der Waals surface area (Å²) in [7, 11) is 1.96. The van der Waals surface area contributed by atoms with Crippen LogP contribution in [-0.4, -0.2) is 20.3 Å². The second-order valence-electron chi connectivity index (χ2n) is 10.8. The molecule has 6 nitrogen and oxygen atoms in total. The van der Waals surface area contributed by atoms with Gasteiger partial charge >= 0.3 is 0 Å². The van der Waals surface area contributed by atoms with Crippen LogP contribution in [0.25, 0.3) is 22.1 Å². The highest BCUT2D eigenvalue weighted by Gasteiger charge is 2.36. The van der Waals surface area contributed by atoms with Crippen LogP contribution in [-0.2, 0) is 13.6 Å². The van der Waals surface area contributed by atoms with Crippen molar-refractivity contribution >= 4 is 11.0 Å². The van der Waals surface area contributed by atoms with Crippen LogP contribution in [0, 0.1) is 18.7 Å². The predicted octanol–water partition coefficient (Wildman–Crippen LogP) is 5.61. The maximum absolute atomic E-state index is 15.2. The first-order valence-electron chi connectivity index (χ1n) is 12.8. The van der Waals surface area contributed by atoms with Crippen LogP contribution >= 0.6 is 0 Å². The van der Waals surface area contributed by atoms with Gasteiger partial charge in [-0.1, -0.05) is 24.3 Å². The summed E-state index contributed by atoms with van der Waals surface area (Å²) in [6.07, 6.45) is 8.86. The SMILES string of the molecule is Cc1c(F)c(CNC2(C)CCC2)cc2c(=O)c(-c3cccc(C(c4nncn4C)C4CC4)c3)coc12. The molecule has 0 radical (unpaired) electrons. The van der Waals surface area contributed by atoms with E-state index in [1.807, 2.05) is 23.7 Å². The smallest absolute Gasteiger partial charge is 0.200 e. The molecule has 2 heterocycles. The summed E-state index contributed by atoms with van der Waals surface area (Å²) in [5.74, 6) is 1.27. The number of benzene rings is 2. The molecule has 2 aliphatic rings. The van der Waals surface area contributed by atoms with Gasteiger partial charge in [-0.3, -0.25) is 4.79 Å². The van der Waals surface area contributed by atoms with E-state index in [2.05, 4.69) is 34.6 Å². The molecule has 0 aliphatic heterocycles. The molecular formula is C29H31FN4O2. The van der Waals surface area contributed by atoms with Gasteiger partial charge in [-0.25, -0.2) is 4.39 Å². The number of aromatic nitrogens is 3. The Morgan fingerprint density at radius 1 is 1.28 bits per heavy atom. The Labute approximate surface area is 209 Å². The van der Waals surface area contributed by atoms with Gasteiger partial charge in [-0.15, -0.1) is 10.2 Å². The van der Waals surface area contributed by atoms with E-state index >= 15 is 4.39 Å². The van der Waals surface area contributed by atoms with Gasteiger partial charge in [0.05, 0.1) is 10.9 Å². The van der Waals surface area contributed by atoms with Crippen LogP contribution in [0.15, 0.2) is 52.1 Å². The highest BCUT2D eigenvalue weighted by Crippen LogP contribution is 2.46. The average Bonchev–Trinajstić information content (AvgIpc) is 3.60. The molecular weight excluding hydrogens is 455 g/mol. The molecule has 0 amide bonds. The minimum Gasteiger partial charge on any atom is -0.463 e. The number of nitrogens with zero attached hydrogens (tertiary/aromatic N) is 3. The number of halogens is 1. The summed E-state index contributed by atoms with van der Waals surface area (Å²) in [6.45, 7) is 4.23. The van der Waals surface area contributed by atoms with Crippen molar-refractivity contribution in [2.45, 2.75) is 64.0 Å². The summed E-state index contributed by atoms with van der Waals surface area (Å²) in [4.78, 5) is 13.7. The van der Waals surface area contributed by atoms with Gasteiger partial charge in [0.1, 0.15) is 29.8 Å². The van der Waals surface area contributed by atoms with Gasteiger partial charge in [0, 0.05) is 36.2 Å². The molecule has 4 aromatic rings. The average molecular weight is 487 g/mol. The zero-order chi connectivity index (χ0) is 25.0. The second-order valence-corrected chi connectivity index (χ2v) is 10.8. The molecule has 2 aromatic carbocycles. The summed E-state index contributed by atoms with van der Waals surface area (Å²) in [5, 5.41) is 12.4. The highest BCUT2D eigenvalue weighted by atomic mass is 19.1. The van der Waals surface area contributed by atoms with E-state index in [0.29, 0.717) is 40.1 Å². The topological polar surface area (TPSA) is 73.0 Å². The van der Waals surface area contributed by atoms with Crippen LogP contribution in [0.1, 0.15) is 67.5 Å². The van der Waals surface area contributed by atoms with Crippen LogP contribution < -0.4 is 10.7 Å². The van der Waals surface area contributed by atoms with Crippen molar-refractivity contribution in [3.8, 4) is 11.1 Å². The summed E-state index contributed by atoms with van der Waals surface area (Å²) in [5.41, 5.74) is 3.47. The normalized spacial score (nSPS) is 17.8. The van der Waals surface area contributed by atoms with Crippen molar-refractivity contribution in [3.05, 3.63) is 81.5 Å². The van der Waals surface area contributed by atoms with Crippen molar-refractivity contribution < 1.29 is 8.81 Å². The first-order valence-corrected chi connectivity index (χ1v) is 12.8. The Kier molecular flexibility index (Phi) is 5.56. The fourth-order valence-corrected chi connectivity index (χ4v) is 5.54. The maximum Gasteiger partial charge on any atom is 0.200 e. The first-order chi connectivity index (χ1) is 17.3. The Hall–Kier alpha value is -3.32. The minimum absolute atomic E-state index is 0.0447. The van der Waals surface area contributed by atoms with E-state index in [1.165, 1.54) is 12.7 Å². The Morgan fingerprint density at radius 3 is 2.75 bits per heavy atom. The quantitative estimate of drug-likeness (QED) is 0.368. The molecule has 1 atom stereocenters. The van der Waals surface area contributed by atoms with E-state index in [0.717, 1.165) is 42.6 Å². The minimum atomic E-state index is -0.313. The zero-order valence-corrected chi connectivity index (χ0v) is 21.0. The lowest BCUT2D eigenvalue weighted by molar-refractivity contribution is 0.206. The lowest BCUT2D eigenvalue weighted by atomic mass is 9.78. The molecule has 0 bridgehead atoms. The molecule has 2 fully saturated rings. The van der Waals surface area contributed by atoms with Crippen molar-refractivity contribution in [2.75, 3.05) is 0 Å². The molecule has 7 heteroatoms. The monoisotopic (exact) mass is 486 g/mol. The summed E-state index contributed by atoms with van der Waals surface area (Å²) < 4.78 is 23.0. The predicted molar refractivity (Wildman–Crippen MR) is 137 cm³/mol. The third kappa shape index (κ3) is 3.95. The molecule has 1 N–H and O–H groups in total. The fourth-order valence-electron chi connectivity index (χ4n) is 5.54. The molecule has 36 heavy (non-hydrogen) atoms. The zero-order valence-electron chi connectivity index (χ0n) is 21.0. The fraction of sp³-hybridized carbons (Fsp3) is 0.414. The van der Waals surface area contributed by atoms with Crippen LogP contribution in [0.4, 0.5) is 4.39 Å². The molecule has 2 saturated carbocycles. The third-order valence-corrected chi connectivity index (χ3v) is 8.14. The first kappa shape index (κ1) is 23.1. The van der Waals surface area contributed by atoms with Crippen LogP contribution in [0.5, 0.6) is 0 Å². The summed E-state index contributed by atoms with van der Waals surface area (Å²) >= 11 is 0. The molecule has 186 valence electrons. The number of aryl methyl sites for hydroxylation is 2. The molecule has 6 rings (SSSR count). The standard InChI is InChI=1S/C29H31FN4O2/c1-17-25(30)21(14-31-29(2)10-5-11-29)13-22-26(35)23(15-36-27(17)22)19-6-4-7-20(12-19)24(18-8-9-18)28-33-32-16-34(28)3/h4,6-7,12-13,15-16,18,24,31H,5,8-11,14H2,1-3H3. The molecule has 0 spiro atoms. The Balaban J connectivity index is 1.40. The van der Waals surface area contributed by atoms with Crippen molar-refractivity contribution in [2.24, 2.45) is 13.0 Å². The third-order valence-electron chi connectivity index (χ3n) is 8.14. The van der Waals surface area contributed by atoms with Gasteiger partial charge in [-0.2, -0.15) is 0 Å². The van der Waals surface area contributed by atoms with Crippen molar-refractivity contribution in [3.63, 3.8) is 0 Å². The van der Waals surface area contributed by atoms with Crippen LogP contribution in [0.3, 0.4) is 0 Å². The molecule has 0 saturated heterocycles. The molecule has 2 aromatic heterocycles.